The van der Waals surface area contributed by atoms with Crippen molar-refractivity contribution in [2.75, 3.05) is 37.7 Å². The number of piperazine rings is 1. The summed E-state index contributed by atoms with van der Waals surface area (Å²) >= 11 is 0. The lowest BCUT2D eigenvalue weighted by atomic mass is 10.1. The number of carbonyl (C=O) groups excluding carboxylic acids is 1. The highest BCUT2D eigenvalue weighted by atomic mass is 19.1. The molecule has 1 amide bonds. The monoisotopic (exact) mass is 294 g/mol. The molecule has 1 aliphatic rings. The third-order valence-corrected chi connectivity index (χ3v) is 4.02. The number of anilines is 2. The first-order valence-electron chi connectivity index (χ1n) is 7.18. The van der Waals surface area contributed by atoms with Crippen LogP contribution in [0, 0.1) is 5.82 Å². The summed E-state index contributed by atoms with van der Waals surface area (Å²) in [7, 11) is 2.08. The molecule has 21 heavy (non-hydrogen) atoms. The van der Waals surface area contributed by atoms with E-state index < -0.39 is 5.82 Å². The highest BCUT2D eigenvalue weighted by molar-refractivity contribution is 5.94. The van der Waals surface area contributed by atoms with E-state index in [-0.39, 0.29) is 17.6 Å². The number of nitrogens with one attached hydrogen (secondary N) is 1. The first-order chi connectivity index (χ1) is 9.88. The lowest BCUT2D eigenvalue weighted by Crippen LogP contribution is -2.56. The average Bonchev–Trinajstić information content (AvgIpc) is 2.42. The Morgan fingerprint density at radius 1 is 1.48 bits per heavy atom. The summed E-state index contributed by atoms with van der Waals surface area (Å²) in [6.45, 7) is 6.77. The molecule has 116 valence electrons. The Hall–Kier alpha value is -1.66. The van der Waals surface area contributed by atoms with Gasteiger partial charge in [0.2, 0.25) is 5.91 Å². The van der Waals surface area contributed by atoms with Gasteiger partial charge in [-0.3, -0.25) is 9.69 Å². The SMILES string of the molecule is CC1CN(C)CCN1C(C)C(=O)Nc1ccc(F)c(N)c1. The molecule has 2 unspecified atom stereocenters. The average molecular weight is 294 g/mol. The van der Waals surface area contributed by atoms with Gasteiger partial charge in [-0.05, 0) is 39.1 Å². The van der Waals surface area contributed by atoms with Gasteiger partial charge in [0.25, 0.3) is 0 Å². The third-order valence-electron chi connectivity index (χ3n) is 4.02. The number of hydrogen-bond donors (Lipinski definition) is 2. The van der Waals surface area contributed by atoms with Crippen LogP contribution in [0.5, 0.6) is 0 Å². The Labute approximate surface area is 124 Å². The summed E-state index contributed by atoms with van der Waals surface area (Å²) in [6, 6.07) is 4.30. The summed E-state index contributed by atoms with van der Waals surface area (Å²) in [5.74, 6) is -0.578. The predicted molar refractivity (Wildman–Crippen MR) is 82.6 cm³/mol. The van der Waals surface area contributed by atoms with Gasteiger partial charge in [-0.1, -0.05) is 0 Å². The Balaban J connectivity index is 2.00. The van der Waals surface area contributed by atoms with E-state index in [1.54, 1.807) is 0 Å². The predicted octanol–water partition coefficient (Wildman–Crippen LogP) is 1.37. The smallest absolute Gasteiger partial charge is 0.241 e. The molecule has 1 aromatic carbocycles. The van der Waals surface area contributed by atoms with E-state index >= 15 is 0 Å². The van der Waals surface area contributed by atoms with Crippen LogP contribution in [0.2, 0.25) is 0 Å². The maximum absolute atomic E-state index is 13.1. The van der Waals surface area contributed by atoms with Gasteiger partial charge >= 0.3 is 0 Å². The van der Waals surface area contributed by atoms with Crippen LogP contribution in [-0.4, -0.2) is 54.5 Å². The van der Waals surface area contributed by atoms with Gasteiger partial charge in [-0.15, -0.1) is 0 Å². The van der Waals surface area contributed by atoms with E-state index in [0.717, 1.165) is 19.6 Å². The molecule has 2 atom stereocenters. The van der Waals surface area contributed by atoms with Crippen LogP contribution in [0.25, 0.3) is 0 Å². The number of nitrogens with zero attached hydrogens (tertiary/aromatic N) is 2. The highest BCUT2D eigenvalue weighted by Crippen LogP contribution is 2.18. The van der Waals surface area contributed by atoms with Gasteiger partial charge in [0.1, 0.15) is 5.82 Å². The van der Waals surface area contributed by atoms with Crippen molar-refractivity contribution in [1.29, 1.82) is 0 Å². The van der Waals surface area contributed by atoms with E-state index in [1.165, 1.54) is 18.2 Å². The van der Waals surface area contributed by atoms with Crippen molar-refractivity contribution in [3.8, 4) is 0 Å². The zero-order valence-corrected chi connectivity index (χ0v) is 12.8. The lowest BCUT2D eigenvalue weighted by Gasteiger charge is -2.41. The molecule has 1 aromatic rings. The molecule has 0 radical (unpaired) electrons. The number of nitrogens with two attached hydrogens (primary N) is 1. The summed E-state index contributed by atoms with van der Waals surface area (Å²) in [5.41, 5.74) is 6.07. The first kappa shape index (κ1) is 15.7. The van der Waals surface area contributed by atoms with E-state index in [1.807, 2.05) is 6.92 Å². The Bertz CT molecular complexity index is 522. The molecule has 0 aromatic heterocycles. The summed E-state index contributed by atoms with van der Waals surface area (Å²) in [4.78, 5) is 16.8. The van der Waals surface area contributed by atoms with Crippen LogP contribution in [0.4, 0.5) is 15.8 Å². The number of carbonyl (C=O) groups is 1. The van der Waals surface area contributed by atoms with Crippen molar-refractivity contribution < 1.29 is 9.18 Å². The Morgan fingerprint density at radius 2 is 2.19 bits per heavy atom. The molecule has 5 nitrogen and oxygen atoms in total. The van der Waals surface area contributed by atoms with Crippen molar-refractivity contribution in [3.05, 3.63) is 24.0 Å². The van der Waals surface area contributed by atoms with Gasteiger partial charge in [-0.2, -0.15) is 0 Å². The fourth-order valence-corrected chi connectivity index (χ4v) is 2.75. The summed E-state index contributed by atoms with van der Waals surface area (Å²) in [6.07, 6.45) is 0. The van der Waals surface area contributed by atoms with Crippen LogP contribution >= 0.6 is 0 Å². The van der Waals surface area contributed by atoms with Crippen molar-refractivity contribution in [3.63, 3.8) is 0 Å². The van der Waals surface area contributed by atoms with Crippen molar-refractivity contribution in [2.45, 2.75) is 25.9 Å². The van der Waals surface area contributed by atoms with Crippen molar-refractivity contribution >= 4 is 17.3 Å². The number of amides is 1. The van der Waals surface area contributed by atoms with Crippen LogP contribution < -0.4 is 11.1 Å². The highest BCUT2D eigenvalue weighted by Gasteiger charge is 2.29. The van der Waals surface area contributed by atoms with E-state index in [4.69, 9.17) is 5.73 Å². The molecule has 6 heteroatoms. The number of hydrogen-bond acceptors (Lipinski definition) is 4. The zero-order valence-electron chi connectivity index (χ0n) is 12.8. The fourth-order valence-electron chi connectivity index (χ4n) is 2.75. The fraction of sp³-hybridized carbons (Fsp3) is 0.533. The first-order valence-corrected chi connectivity index (χ1v) is 7.18. The molecule has 0 bridgehead atoms. The summed E-state index contributed by atoms with van der Waals surface area (Å²) in [5, 5.41) is 2.80. The minimum atomic E-state index is -0.478. The molecular formula is C15H23FN4O. The van der Waals surface area contributed by atoms with Gasteiger partial charge in [-0.25, -0.2) is 4.39 Å². The summed E-state index contributed by atoms with van der Waals surface area (Å²) < 4.78 is 13.1. The second-order valence-corrected chi connectivity index (χ2v) is 5.75. The minimum absolute atomic E-state index is 0.0356. The quantitative estimate of drug-likeness (QED) is 0.827. The zero-order chi connectivity index (χ0) is 15.6. The lowest BCUT2D eigenvalue weighted by molar-refractivity contribution is -0.122. The van der Waals surface area contributed by atoms with Crippen LogP contribution in [-0.2, 0) is 4.79 Å². The third kappa shape index (κ3) is 3.71. The van der Waals surface area contributed by atoms with Gasteiger partial charge in [0.05, 0.1) is 11.7 Å². The number of rotatable bonds is 3. The molecule has 1 saturated heterocycles. The largest absolute Gasteiger partial charge is 0.396 e. The molecule has 3 N–H and O–H groups in total. The Morgan fingerprint density at radius 3 is 2.81 bits per heavy atom. The number of benzene rings is 1. The van der Waals surface area contributed by atoms with Crippen LogP contribution in [0.3, 0.4) is 0 Å². The molecule has 1 fully saturated rings. The van der Waals surface area contributed by atoms with E-state index in [9.17, 15) is 9.18 Å². The normalized spacial score (nSPS) is 22.0. The Kier molecular flexibility index (Phi) is 4.80. The number of halogens is 1. The van der Waals surface area contributed by atoms with Gasteiger partial charge in [0.15, 0.2) is 0 Å². The molecule has 2 rings (SSSR count). The van der Waals surface area contributed by atoms with Crippen LogP contribution in [0.1, 0.15) is 13.8 Å². The number of nitrogen functional groups attached to an aromatic ring is 1. The maximum Gasteiger partial charge on any atom is 0.241 e. The number of likely N-dealkylation sites (N-methyl/N-ethyl adjacent to an activating group) is 1. The molecule has 0 aliphatic carbocycles. The topological polar surface area (TPSA) is 61.6 Å². The maximum atomic E-state index is 13.1. The molecule has 0 spiro atoms. The molecular weight excluding hydrogens is 271 g/mol. The standard InChI is InChI=1S/C15H23FN4O/c1-10-9-19(3)6-7-20(10)11(2)15(21)18-12-4-5-13(16)14(17)8-12/h4-5,8,10-11H,6-7,9,17H2,1-3H3,(H,18,21). The van der Waals surface area contributed by atoms with Gasteiger partial charge < -0.3 is 16.0 Å². The molecule has 1 aliphatic heterocycles. The van der Waals surface area contributed by atoms with Crippen LogP contribution in [0.15, 0.2) is 18.2 Å². The molecule has 1 heterocycles. The second kappa shape index (κ2) is 6.41. The van der Waals surface area contributed by atoms with Crippen molar-refractivity contribution in [1.82, 2.24) is 9.80 Å². The molecule has 0 saturated carbocycles. The van der Waals surface area contributed by atoms with Crippen molar-refractivity contribution in [2.24, 2.45) is 0 Å². The van der Waals surface area contributed by atoms with E-state index in [2.05, 4.69) is 29.1 Å². The second-order valence-electron chi connectivity index (χ2n) is 5.75. The van der Waals surface area contributed by atoms with Gasteiger partial charge in [0, 0.05) is 31.4 Å². The van der Waals surface area contributed by atoms with E-state index in [0.29, 0.717) is 11.7 Å². The minimum Gasteiger partial charge on any atom is -0.396 e.